The van der Waals surface area contributed by atoms with Crippen molar-refractivity contribution in [2.75, 3.05) is 25.0 Å². The first-order valence-electron chi connectivity index (χ1n) is 5.12. The van der Waals surface area contributed by atoms with Crippen LogP contribution in [0.15, 0.2) is 24.3 Å². The molecule has 0 aliphatic carbocycles. The van der Waals surface area contributed by atoms with E-state index in [0.29, 0.717) is 5.02 Å². The zero-order valence-electron chi connectivity index (χ0n) is 8.70. The van der Waals surface area contributed by atoms with Crippen molar-refractivity contribution in [2.45, 2.75) is 6.10 Å². The van der Waals surface area contributed by atoms with Crippen molar-refractivity contribution in [2.24, 2.45) is 0 Å². The maximum atomic E-state index is 11.5. The number of halogens is 1. The van der Waals surface area contributed by atoms with Crippen molar-refractivity contribution >= 4 is 23.2 Å². The minimum atomic E-state index is -0.144. The second kappa shape index (κ2) is 5.30. The lowest BCUT2D eigenvalue weighted by molar-refractivity contribution is -0.123. The van der Waals surface area contributed by atoms with Crippen molar-refractivity contribution in [1.29, 1.82) is 0 Å². The van der Waals surface area contributed by atoms with Gasteiger partial charge in [-0.15, -0.1) is 0 Å². The van der Waals surface area contributed by atoms with Gasteiger partial charge in [-0.25, -0.2) is 0 Å². The van der Waals surface area contributed by atoms with Gasteiger partial charge in [0.2, 0.25) is 5.91 Å². The largest absolute Gasteiger partial charge is 0.366 e. The lowest BCUT2D eigenvalue weighted by Crippen LogP contribution is -2.49. The first-order valence-corrected chi connectivity index (χ1v) is 5.49. The molecule has 1 aromatic carbocycles. The van der Waals surface area contributed by atoms with Crippen molar-refractivity contribution in [3.8, 4) is 0 Å². The zero-order chi connectivity index (χ0) is 11.4. The number of ether oxygens (including phenoxy) is 1. The van der Waals surface area contributed by atoms with Crippen LogP contribution in [-0.4, -0.2) is 31.7 Å². The number of nitrogens with one attached hydrogen (secondary N) is 2. The minimum absolute atomic E-state index is 0.0922. The molecule has 0 radical (unpaired) electrons. The topological polar surface area (TPSA) is 50.4 Å². The standard InChI is InChI=1S/C11H13ClN2O2/c12-8-1-3-9(4-2-8)14-11(15)7-16-10-5-13-6-10/h1-4,10,13H,5-7H2,(H,14,15). The molecule has 1 fully saturated rings. The Bertz CT molecular complexity index is 363. The van der Waals surface area contributed by atoms with Gasteiger partial charge in [0.05, 0.1) is 6.10 Å². The van der Waals surface area contributed by atoms with Crippen molar-refractivity contribution in [1.82, 2.24) is 5.32 Å². The van der Waals surface area contributed by atoms with Crippen molar-refractivity contribution in [3.05, 3.63) is 29.3 Å². The summed E-state index contributed by atoms with van der Waals surface area (Å²) in [7, 11) is 0. The minimum Gasteiger partial charge on any atom is -0.366 e. The predicted octanol–water partition coefficient (Wildman–Crippen LogP) is 1.27. The van der Waals surface area contributed by atoms with E-state index in [1.165, 1.54) is 0 Å². The van der Waals surface area contributed by atoms with E-state index in [9.17, 15) is 4.79 Å². The van der Waals surface area contributed by atoms with Crippen LogP contribution in [0.4, 0.5) is 5.69 Å². The normalized spacial score (nSPS) is 15.6. The highest BCUT2D eigenvalue weighted by molar-refractivity contribution is 6.30. The third-order valence-electron chi connectivity index (χ3n) is 2.32. The summed E-state index contributed by atoms with van der Waals surface area (Å²) in [6, 6.07) is 6.97. The molecule has 1 amide bonds. The number of rotatable bonds is 4. The molecule has 5 heteroatoms. The maximum Gasteiger partial charge on any atom is 0.250 e. The molecule has 2 N–H and O–H groups in total. The van der Waals surface area contributed by atoms with E-state index in [1.807, 2.05) is 0 Å². The molecule has 0 atom stereocenters. The average molecular weight is 241 g/mol. The van der Waals surface area contributed by atoms with Crippen LogP contribution >= 0.6 is 11.6 Å². The molecule has 2 rings (SSSR count). The van der Waals surface area contributed by atoms with Crippen molar-refractivity contribution < 1.29 is 9.53 Å². The molecule has 1 heterocycles. The van der Waals surface area contributed by atoms with Gasteiger partial charge in [-0.3, -0.25) is 4.79 Å². The number of anilines is 1. The van der Waals surface area contributed by atoms with Gasteiger partial charge in [0.1, 0.15) is 6.61 Å². The molecule has 1 aliphatic heterocycles. The van der Waals surface area contributed by atoms with E-state index in [-0.39, 0.29) is 18.6 Å². The van der Waals surface area contributed by atoms with E-state index in [0.717, 1.165) is 18.8 Å². The highest BCUT2D eigenvalue weighted by Gasteiger charge is 2.18. The van der Waals surface area contributed by atoms with Gasteiger partial charge in [0.15, 0.2) is 0 Å². The average Bonchev–Trinajstić information content (AvgIpc) is 2.19. The van der Waals surface area contributed by atoms with E-state index < -0.39 is 0 Å². The maximum absolute atomic E-state index is 11.5. The fourth-order valence-electron chi connectivity index (χ4n) is 1.30. The Morgan fingerprint density at radius 3 is 2.69 bits per heavy atom. The molecule has 16 heavy (non-hydrogen) atoms. The fourth-order valence-corrected chi connectivity index (χ4v) is 1.43. The molecule has 0 bridgehead atoms. The van der Waals surface area contributed by atoms with Gasteiger partial charge in [-0.1, -0.05) is 11.6 Å². The van der Waals surface area contributed by atoms with Crippen LogP contribution in [0, 0.1) is 0 Å². The molecule has 86 valence electrons. The van der Waals surface area contributed by atoms with Crippen molar-refractivity contribution in [3.63, 3.8) is 0 Å². The molecule has 1 saturated heterocycles. The Labute approximate surface area is 98.9 Å². The Morgan fingerprint density at radius 2 is 2.12 bits per heavy atom. The number of carbonyl (C=O) groups is 1. The fraction of sp³-hybridized carbons (Fsp3) is 0.364. The first kappa shape index (κ1) is 11.4. The summed E-state index contributed by atoms with van der Waals surface area (Å²) >= 11 is 5.73. The quantitative estimate of drug-likeness (QED) is 0.833. The van der Waals surface area contributed by atoms with E-state index >= 15 is 0 Å². The summed E-state index contributed by atoms with van der Waals surface area (Å²) in [5, 5.41) is 6.45. The molecule has 0 spiro atoms. The number of hydrogen-bond acceptors (Lipinski definition) is 3. The van der Waals surface area contributed by atoms with Crippen LogP contribution in [0.3, 0.4) is 0 Å². The van der Waals surface area contributed by atoms with Gasteiger partial charge in [-0.05, 0) is 24.3 Å². The van der Waals surface area contributed by atoms with Crippen LogP contribution in [0.5, 0.6) is 0 Å². The van der Waals surface area contributed by atoms with E-state index in [4.69, 9.17) is 16.3 Å². The lowest BCUT2D eigenvalue weighted by atomic mass is 10.2. The van der Waals surface area contributed by atoms with E-state index in [1.54, 1.807) is 24.3 Å². The summed E-state index contributed by atoms with van der Waals surface area (Å²) in [4.78, 5) is 11.5. The van der Waals surface area contributed by atoms with Gasteiger partial charge in [-0.2, -0.15) is 0 Å². The molecule has 4 nitrogen and oxygen atoms in total. The Balaban J connectivity index is 1.75. The summed E-state index contributed by atoms with van der Waals surface area (Å²) in [5.74, 6) is -0.144. The summed E-state index contributed by atoms with van der Waals surface area (Å²) in [6.45, 7) is 1.75. The van der Waals surface area contributed by atoms with Crippen LogP contribution in [0.25, 0.3) is 0 Å². The highest BCUT2D eigenvalue weighted by Crippen LogP contribution is 2.13. The second-order valence-electron chi connectivity index (χ2n) is 3.65. The number of amides is 1. The van der Waals surface area contributed by atoms with Gasteiger partial charge in [0, 0.05) is 23.8 Å². The SMILES string of the molecule is O=C(COC1CNC1)Nc1ccc(Cl)cc1. The summed E-state index contributed by atoms with van der Waals surface area (Å²) in [5.41, 5.74) is 0.727. The molecule has 0 aromatic heterocycles. The molecule has 1 aliphatic rings. The van der Waals surface area contributed by atoms with Crippen LogP contribution < -0.4 is 10.6 Å². The van der Waals surface area contributed by atoms with Gasteiger partial charge >= 0.3 is 0 Å². The smallest absolute Gasteiger partial charge is 0.250 e. The summed E-state index contributed by atoms with van der Waals surface area (Å²) in [6.07, 6.45) is 0.177. The van der Waals surface area contributed by atoms with Gasteiger partial charge < -0.3 is 15.4 Å². The molecular formula is C11H13ClN2O2. The van der Waals surface area contributed by atoms with E-state index in [2.05, 4.69) is 10.6 Å². The monoisotopic (exact) mass is 240 g/mol. The third-order valence-corrected chi connectivity index (χ3v) is 2.57. The highest BCUT2D eigenvalue weighted by atomic mass is 35.5. The first-order chi connectivity index (χ1) is 7.74. The Morgan fingerprint density at radius 1 is 1.44 bits per heavy atom. The number of benzene rings is 1. The zero-order valence-corrected chi connectivity index (χ0v) is 9.46. The lowest BCUT2D eigenvalue weighted by Gasteiger charge is -2.26. The third kappa shape index (κ3) is 3.20. The molecule has 0 unspecified atom stereocenters. The van der Waals surface area contributed by atoms with Crippen LogP contribution in [0.1, 0.15) is 0 Å². The predicted molar refractivity (Wildman–Crippen MR) is 62.7 cm³/mol. The molecule has 0 saturated carbocycles. The number of hydrogen-bond donors (Lipinski definition) is 2. The van der Waals surface area contributed by atoms with Crippen LogP contribution in [0.2, 0.25) is 5.02 Å². The Hall–Kier alpha value is -1.10. The molecule has 1 aromatic rings. The Kier molecular flexibility index (Phi) is 3.77. The van der Waals surface area contributed by atoms with Gasteiger partial charge in [0.25, 0.3) is 0 Å². The van der Waals surface area contributed by atoms with Crippen LogP contribution in [-0.2, 0) is 9.53 Å². The summed E-state index contributed by atoms with van der Waals surface area (Å²) < 4.78 is 5.34. The number of carbonyl (C=O) groups excluding carboxylic acids is 1. The molecular weight excluding hydrogens is 228 g/mol. The second-order valence-corrected chi connectivity index (χ2v) is 4.08.